The van der Waals surface area contributed by atoms with Crippen LogP contribution in [0, 0.1) is 11.8 Å². The number of pyridine rings is 1. The van der Waals surface area contributed by atoms with Crippen molar-refractivity contribution in [2.75, 3.05) is 13.1 Å². The van der Waals surface area contributed by atoms with Crippen LogP contribution in [0.5, 0.6) is 0 Å². The van der Waals surface area contributed by atoms with Gasteiger partial charge in [0, 0.05) is 12.7 Å². The Kier molecular flexibility index (Phi) is 5.41. The second kappa shape index (κ2) is 6.62. The van der Waals surface area contributed by atoms with Crippen molar-refractivity contribution in [1.29, 1.82) is 0 Å². The fourth-order valence-corrected chi connectivity index (χ4v) is 1.57. The van der Waals surface area contributed by atoms with E-state index in [1.807, 2.05) is 0 Å². The average molecular weight is 296 g/mol. The van der Waals surface area contributed by atoms with E-state index >= 15 is 0 Å². The van der Waals surface area contributed by atoms with Crippen LogP contribution >= 0.6 is 0 Å². The van der Waals surface area contributed by atoms with E-state index in [0.29, 0.717) is 17.7 Å². The lowest BCUT2D eigenvalue weighted by atomic mass is 10.2. The number of rotatable bonds is 5. The number of nitrogens with zero attached hydrogens (tertiary/aromatic N) is 2. The largest absolute Gasteiger partial charge is 0.406 e. The molecule has 0 aliphatic carbocycles. The Hall–Kier alpha value is -1.73. The van der Waals surface area contributed by atoms with Crippen LogP contribution in [-0.4, -0.2) is 35.1 Å². The molecule has 0 unspecified atom stereocenters. The minimum Gasteiger partial charge on any atom is -0.329 e. The lowest BCUT2D eigenvalue weighted by molar-refractivity contribution is -0.140. The van der Waals surface area contributed by atoms with E-state index in [4.69, 9.17) is 0 Å². The van der Waals surface area contributed by atoms with Gasteiger partial charge in [0.25, 0.3) is 5.91 Å². The zero-order valence-corrected chi connectivity index (χ0v) is 10.7. The maximum atomic E-state index is 13.4. The summed E-state index contributed by atoms with van der Waals surface area (Å²) in [6.45, 7) is 0.0520. The van der Waals surface area contributed by atoms with E-state index in [2.05, 4.69) is 4.98 Å². The molecule has 1 amide bonds. The Morgan fingerprint density at radius 1 is 1.35 bits per heavy atom. The molecule has 0 bridgehead atoms. The Bertz CT molecular complexity index is 475. The molecule has 0 saturated carbocycles. The number of halogens is 5. The monoisotopic (exact) mass is 296 g/mol. The Morgan fingerprint density at radius 2 is 2.00 bits per heavy atom. The summed E-state index contributed by atoms with van der Waals surface area (Å²) in [5, 5.41) is 0. The molecule has 0 atom stereocenters. The molecule has 0 N–H and O–H groups in total. The van der Waals surface area contributed by atoms with Gasteiger partial charge in [-0.05, 0) is 12.5 Å². The number of aromatic nitrogens is 1. The van der Waals surface area contributed by atoms with Crippen LogP contribution in [-0.2, 0) is 0 Å². The molecule has 1 aromatic rings. The van der Waals surface area contributed by atoms with Crippen molar-refractivity contribution in [2.24, 2.45) is 0 Å². The summed E-state index contributed by atoms with van der Waals surface area (Å²) in [6, 6.07) is 0.857. The minimum atomic E-state index is -4.61. The van der Waals surface area contributed by atoms with Crippen LogP contribution in [0.15, 0.2) is 12.3 Å². The van der Waals surface area contributed by atoms with Gasteiger partial charge in [-0.25, -0.2) is 9.37 Å². The second-order valence-electron chi connectivity index (χ2n) is 4.16. The predicted octanol–water partition coefficient (Wildman–Crippen LogP) is 3.16. The highest BCUT2D eigenvalue weighted by atomic mass is 19.4. The van der Waals surface area contributed by atoms with Crippen molar-refractivity contribution in [3.63, 3.8) is 0 Å². The average Bonchev–Trinajstić information content (AvgIpc) is 2.35. The van der Waals surface area contributed by atoms with E-state index in [0.717, 1.165) is 12.3 Å². The summed E-state index contributed by atoms with van der Waals surface area (Å²) < 4.78 is 63.6. The van der Waals surface area contributed by atoms with E-state index in [1.165, 1.54) is 0 Å². The van der Waals surface area contributed by atoms with Gasteiger partial charge in [-0.3, -0.25) is 4.79 Å². The molecule has 0 spiro atoms. The number of hydrogen-bond donors (Lipinski definition) is 0. The van der Waals surface area contributed by atoms with Crippen LogP contribution in [0.4, 0.5) is 22.0 Å². The molecule has 1 heterocycles. The van der Waals surface area contributed by atoms with Gasteiger partial charge in [0.05, 0.1) is 5.56 Å². The molecule has 112 valence electrons. The smallest absolute Gasteiger partial charge is 0.329 e. The second-order valence-corrected chi connectivity index (χ2v) is 4.16. The molecule has 1 aromatic heterocycles. The zero-order valence-electron chi connectivity index (χ0n) is 10.7. The molecule has 1 rings (SSSR count). The Balaban J connectivity index is 3.00. The molecule has 0 aromatic carbocycles. The summed E-state index contributed by atoms with van der Waals surface area (Å²) in [4.78, 5) is 15.3. The van der Waals surface area contributed by atoms with Gasteiger partial charge < -0.3 is 4.90 Å². The van der Waals surface area contributed by atoms with Crippen LogP contribution in [0.1, 0.15) is 30.1 Å². The highest BCUT2D eigenvalue weighted by Crippen LogP contribution is 2.20. The summed E-state index contributed by atoms with van der Waals surface area (Å²) in [6.07, 6.45) is -2.88. The van der Waals surface area contributed by atoms with Gasteiger partial charge in [-0.15, -0.1) is 0 Å². The molecule has 0 aliphatic rings. The van der Waals surface area contributed by atoms with Gasteiger partial charge in [-0.1, -0.05) is 13.3 Å². The van der Waals surface area contributed by atoms with Gasteiger partial charge in [0.15, 0.2) is 5.82 Å². The topological polar surface area (TPSA) is 33.2 Å². The van der Waals surface area contributed by atoms with E-state index in [-0.39, 0.29) is 6.54 Å². The molecule has 20 heavy (non-hydrogen) atoms. The lowest BCUT2D eigenvalue weighted by Crippen LogP contribution is -2.40. The molecular formula is C12H13F5N2O. The number of unbranched alkanes of at least 4 members (excludes halogenated alkanes) is 1. The highest BCUT2D eigenvalue weighted by Gasteiger charge is 2.34. The van der Waals surface area contributed by atoms with Gasteiger partial charge in [0.2, 0.25) is 5.95 Å². The number of hydrogen-bond acceptors (Lipinski definition) is 2. The van der Waals surface area contributed by atoms with Crippen molar-refractivity contribution >= 4 is 5.91 Å². The van der Waals surface area contributed by atoms with E-state index in [1.54, 1.807) is 6.92 Å². The molecule has 8 heteroatoms. The van der Waals surface area contributed by atoms with Crippen molar-refractivity contribution in [3.05, 3.63) is 29.6 Å². The Morgan fingerprint density at radius 3 is 2.55 bits per heavy atom. The fourth-order valence-electron chi connectivity index (χ4n) is 1.57. The summed E-state index contributed by atoms with van der Waals surface area (Å²) in [5.74, 6) is -4.26. The van der Waals surface area contributed by atoms with Crippen molar-refractivity contribution in [1.82, 2.24) is 9.88 Å². The van der Waals surface area contributed by atoms with Gasteiger partial charge in [-0.2, -0.15) is 17.6 Å². The fraction of sp³-hybridized carbons (Fsp3) is 0.500. The van der Waals surface area contributed by atoms with Crippen LogP contribution in [0.2, 0.25) is 0 Å². The summed E-state index contributed by atoms with van der Waals surface area (Å²) in [7, 11) is 0. The van der Waals surface area contributed by atoms with Crippen LogP contribution < -0.4 is 0 Å². The quantitative estimate of drug-likeness (QED) is 0.617. The maximum Gasteiger partial charge on any atom is 0.406 e. The minimum absolute atomic E-state index is 0.182. The predicted molar refractivity (Wildman–Crippen MR) is 61.0 cm³/mol. The number of alkyl halides is 3. The third kappa shape index (κ3) is 4.43. The van der Waals surface area contributed by atoms with E-state index < -0.39 is 36.0 Å². The first kappa shape index (κ1) is 16.3. The molecule has 0 radical (unpaired) electrons. The maximum absolute atomic E-state index is 13.4. The lowest BCUT2D eigenvalue weighted by Gasteiger charge is -2.24. The normalized spacial score (nSPS) is 11.5. The molecular weight excluding hydrogens is 283 g/mol. The van der Waals surface area contributed by atoms with Crippen molar-refractivity contribution in [2.45, 2.75) is 25.9 Å². The number of amides is 1. The first-order valence-electron chi connectivity index (χ1n) is 5.92. The standard InChI is InChI=1S/C12H13F5N2O/c1-2-3-6-19(7-12(15,16)17)11(20)8-4-5-18-10(14)9(8)13/h4-5H,2-3,6-7H2,1H3. The van der Waals surface area contributed by atoms with Gasteiger partial charge in [0.1, 0.15) is 6.54 Å². The van der Waals surface area contributed by atoms with E-state index in [9.17, 15) is 26.7 Å². The third-order valence-electron chi connectivity index (χ3n) is 2.52. The first-order chi connectivity index (χ1) is 9.26. The molecule has 3 nitrogen and oxygen atoms in total. The van der Waals surface area contributed by atoms with Crippen LogP contribution in [0.3, 0.4) is 0 Å². The van der Waals surface area contributed by atoms with Crippen molar-refractivity contribution < 1.29 is 26.7 Å². The zero-order chi connectivity index (χ0) is 15.3. The molecule has 0 aliphatic heterocycles. The summed E-state index contributed by atoms with van der Waals surface area (Å²) >= 11 is 0. The first-order valence-corrected chi connectivity index (χ1v) is 5.92. The summed E-state index contributed by atoms with van der Waals surface area (Å²) in [5.41, 5.74) is -0.752. The van der Waals surface area contributed by atoms with Gasteiger partial charge >= 0.3 is 6.18 Å². The third-order valence-corrected chi connectivity index (χ3v) is 2.52. The number of carbonyl (C=O) groups excluding carboxylic acids is 1. The molecule has 0 fully saturated rings. The highest BCUT2D eigenvalue weighted by molar-refractivity contribution is 5.94. The SMILES string of the molecule is CCCCN(CC(F)(F)F)C(=O)c1ccnc(F)c1F. The number of carbonyl (C=O) groups is 1. The Labute approximate surface area is 112 Å². The van der Waals surface area contributed by atoms with Crippen LogP contribution in [0.25, 0.3) is 0 Å². The van der Waals surface area contributed by atoms with Crippen molar-refractivity contribution in [3.8, 4) is 0 Å². The molecule has 0 saturated heterocycles.